The van der Waals surface area contributed by atoms with Crippen LogP contribution in [0.4, 0.5) is 10.1 Å². The molecule has 2 aromatic rings. The SMILES string of the molecule is CN(CCNc1cccc(Br)c1)Cc1cccc(F)c1. The Labute approximate surface area is 127 Å². The molecule has 0 aromatic heterocycles. The molecule has 0 radical (unpaired) electrons. The van der Waals surface area contributed by atoms with Gasteiger partial charge < -0.3 is 10.2 Å². The zero-order valence-electron chi connectivity index (χ0n) is 11.4. The Balaban J connectivity index is 1.76. The zero-order valence-corrected chi connectivity index (χ0v) is 13.0. The summed E-state index contributed by atoms with van der Waals surface area (Å²) in [7, 11) is 2.04. The van der Waals surface area contributed by atoms with Crippen LogP contribution in [0.25, 0.3) is 0 Å². The fourth-order valence-electron chi connectivity index (χ4n) is 2.02. The van der Waals surface area contributed by atoms with E-state index in [2.05, 4.69) is 26.1 Å². The highest BCUT2D eigenvalue weighted by molar-refractivity contribution is 9.10. The standard InChI is InChI=1S/C16H18BrFN2/c1-20(12-13-4-2-6-15(18)10-13)9-8-19-16-7-3-5-14(17)11-16/h2-7,10-11,19H,8-9,12H2,1H3. The van der Waals surface area contributed by atoms with E-state index >= 15 is 0 Å². The second kappa shape index (κ2) is 7.41. The van der Waals surface area contributed by atoms with Gasteiger partial charge >= 0.3 is 0 Å². The predicted molar refractivity (Wildman–Crippen MR) is 85.4 cm³/mol. The van der Waals surface area contributed by atoms with E-state index in [4.69, 9.17) is 0 Å². The molecule has 0 saturated carbocycles. The van der Waals surface area contributed by atoms with Crippen molar-refractivity contribution in [2.45, 2.75) is 6.54 Å². The summed E-state index contributed by atoms with van der Waals surface area (Å²) in [6, 6.07) is 14.8. The highest BCUT2D eigenvalue weighted by atomic mass is 79.9. The Morgan fingerprint density at radius 2 is 1.95 bits per heavy atom. The summed E-state index contributed by atoms with van der Waals surface area (Å²) in [6.45, 7) is 2.49. The van der Waals surface area contributed by atoms with Gasteiger partial charge in [0.1, 0.15) is 5.82 Å². The number of benzene rings is 2. The van der Waals surface area contributed by atoms with Crippen molar-refractivity contribution >= 4 is 21.6 Å². The van der Waals surface area contributed by atoms with Crippen molar-refractivity contribution in [3.63, 3.8) is 0 Å². The minimum absolute atomic E-state index is 0.178. The Morgan fingerprint density at radius 1 is 1.15 bits per heavy atom. The third-order valence-electron chi connectivity index (χ3n) is 2.99. The van der Waals surface area contributed by atoms with Crippen LogP contribution in [0.5, 0.6) is 0 Å². The lowest BCUT2D eigenvalue weighted by Gasteiger charge is -2.17. The quantitative estimate of drug-likeness (QED) is 0.853. The fourth-order valence-corrected chi connectivity index (χ4v) is 2.41. The van der Waals surface area contributed by atoms with Gasteiger partial charge in [-0.05, 0) is 42.9 Å². The molecular formula is C16H18BrFN2. The van der Waals surface area contributed by atoms with Crippen LogP contribution in [0.1, 0.15) is 5.56 Å². The molecule has 0 aliphatic heterocycles. The summed E-state index contributed by atoms with van der Waals surface area (Å²) in [5.74, 6) is -0.178. The molecule has 0 atom stereocenters. The third-order valence-corrected chi connectivity index (χ3v) is 3.48. The number of hydrogen-bond acceptors (Lipinski definition) is 2. The lowest BCUT2D eigenvalue weighted by Crippen LogP contribution is -2.24. The Morgan fingerprint density at radius 3 is 2.70 bits per heavy atom. The van der Waals surface area contributed by atoms with E-state index in [1.54, 1.807) is 12.1 Å². The number of likely N-dealkylation sites (N-methyl/N-ethyl adjacent to an activating group) is 1. The molecule has 0 bridgehead atoms. The first-order chi connectivity index (χ1) is 9.63. The third kappa shape index (κ3) is 4.94. The normalized spacial score (nSPS) is 10.8. The molecule has 0 fully saturated rings. The Hall–Kier alpha value is -1.39. The molecule has 0 aliphatic carbocycles. The molecule has 20 heavy (non-hydrogen) atoms. The number of nitrogens with zero attached hydrogens (tertiary/aromatic N) is 1. The first kappa shape index (κ1) is 15.0. The van der Waals surface area contributed by atoms with Gasteiger partial charge in [0, 0.05) is 29.8 Å². The van der Waals surface area contributed by atoms with Crippen LogP contribution in [0.2, 0.25) is 0 Å². The van der Waals surface area contributed by atoms with Crippen LogP contribution in [0.3, 0.4) is 0 Å². The zero-order chi connectivity index (χ0) is 14.4. The maximum atomic E-state index is 13.1. The van der Waals surface area contributed by atoms with E-state index in [-0.39, 0.29) is 5.82 Å². The van der Waals surface area contributed by atoms with Gasteiger partial charge in [-0.1, -0.05) is 34.1 Å². The van der Waals surface area contributed by atoms with Gasteiger partial charge in [-0.2, -0.15) is 0 Å². The summed E-state index contributed by atoms with van der Waals surface area (Å²) in [6.07, 6.45) is 0. The molecule has 0 unspecified atom stereocenters. The number of hydrogen-bond donors (Lipinski definition) is 1. The largest absolute Gasteiger partial charge is 0.384 e. The van der Waals surface area contributed by atoms with Gasteiger partial charge in [0.15, 0.2) is 0 Å². The van der Waals surface area contributed by atoms with E-state index in [9.17, 15) is 4.39 Å². The summed E-state index contributed by atoms with van der Waals surface area (Å²) in [4.78, 5) is 2.17. The maximum Gasteiger partial charge on any atom is 0.123 e. The molecule has 0 saturated heterocycles. The van der Waals surface area contributed by atoms with Gasteiger partial charge in [0.2, 0.25) is 0 Å². The van der Waals surface area contributed by atoms with E-state index in [1.807, 2.05) is 37.4 Å². The van der Waals surface area contributed by atoms with Crippen LogP contribution in [-0.4, -0.2) is 25.0 Å². The van der Waals surface area contributed by atoms with Gasteiger partial charge in [-0.15, -0.1) is 0 Å². The van der Waals surface area contributed by atoms with E-state index < -0.39 is 0 Å². The molecule has 0 heterocycles. The molecule has 0 aliphatic rings. The van der Waals surface area contributed by atoms with E-state index in [0.29, 0.717) is 0 Å². The molecule has 4 heteroatoms. The Kier molecular flexibility index (Phi) is 5.56. The van der Waals surface area contributed by atoms with Crippen molar-refractivity contribution < 1.29 is 4.39 Å². The molecular weight excluding hydrogens is 319 g/mol. The van der Waals surface area contributed by atoms with Crippen molar-refractivity contribution in [2.24, 2.45) is 0 Å². The molecule has 1 N–H and O–H groups in total. The van der Waals surface area contributed by atoms with Crippen molar-refractivity contribution in [3.05, 3.63) is 64.4 Å². The topological polar surface area (TPSA) is 15.3 Å². The van der Waals surface area contributed by atoms with Crippen molar-refractivity contribution in [1.29, 1.82) is 0 Å². The van der Waals surface area contributed by atoms with Gasteiger partial charge in [-0.3, -0.25) is 0 Å². The number of nitrogens with one attached hydrogen (secondary N) is 1. The smallest absolute Gasteiger partial charge is 0.123 e. The summed E-state index contributed by atoms with van der Waals surface area (Å²) < 4.78 is 14.2. The highest BCUT2D eigenvalue weighted by Crippen LogP contribution is 2.15. The number of rotatable bonds is 6. The first-order valence-electron chi connectivity index (χ1n) is 6.56. The molecule has 106 valence electrons. The fraction of sp³-hybridized carbons (Fsp3) is 0.250. The Bertz CT molecular complexity index is 560. The molecule has 0 spiro atoms. The second-order valence-corrected chi connectivity index (χ2v) is 5.72. The lowest BCUT2D eigenvalue weighted by molar-refractivity contribution is 0.339. The summed E-state index contributed by atoms with van der Waals surface area (Å²) in [5.41, 5.74) is 2.09. The summed E-state index contributed by atoms with van der Waals surface area (Å²) >= 11 is 3.45. The maximum absolute atomic E-state index is 13.1. The van der Waals surface area contributed by atoms with Gasteiger partial charge in [-0.25, -0.2) is 4.39 Å². The first-order valence-corrected chi connectivity index (χ1v) is 7.35. The second-order valence-electron chi connectivity index (χ2n) is 4.80. The van der Waals surface area contributed by atoms with Gasteiger partial charge in [0.05, 0.1) is 0 Å². The predicted octanol–water partition coefficient (Wildman–Crippen LogP) is 4.13. The summed E-state index contributed by atoms with van der Waals surface area (Å²) in [5, 5.41) is 3.37. The molecule has 2 rings (SSSR count). The van der Waals surface area contributed by atoms with Crippen molar-refractivity contribution in [2.75, 3.05) is 25.5 Å². The van der Waals surface area contributed by atoms with Crippen LogP contribution in [0.15, 0.2) is 53.0 Å². The van der Waals surface area contributed by atoms with E-state index in [1.165, 1.54) is 6.07 Å². The lowest BCUT2D eigenvalue weighted by atomic mass is 10.2. The highest BCUT2D eigenvalue weighted by Gasteiger charge is 2.01. The monoisotopic (exact) mass is 336 g/mol. The molecule has 2 nitrogen and oxygen atoms in total. The van der Waals surface area contributed by atoms with E-state index in [0.717, 1.165) is 35.4 Å². The molecule has 2 aromatic carbocycles. The van der Waals surface area contributed by atoms with Crippen LogP contribution in [-0.2, 0) is 6.54 Å². The molecule has 0 amide bonds. The average molecular weight is 337 g/mol. The minimum Gasteiger partial charge on any atom is -0.384 e. The van der Waals surface area contributed by atoms with Crippen LogP contribution in [0, 0.1) is 5.82 Å². The van der Waals surface area contributed by atoms with Gasteiger partial charge in [0.25, 0.3) is 0 Å². The number of anilines is 1. The average Bonchev–Trinajstić information content (AvgIpc) is 2.38. The van der Waals surface area contributed by atoms with Crippen LogP contribution >= 0.6 is 15.9 Å². The number of halogens is 2. The van der Waals surface area contributed by atoms with Crippen molar-refractivity contribution in [3.8, 4) is 0 Å². The minimum atomic E-state index is -0.178. The van der Waals surface area contributed by atoms with Crippen LogP contribution < -0.4 is 5.32 Å². The van der Waals surface area contributed by atoms with Crippen molar-refractivity contribution in [1.82, 2.24) is 4.90 Å².